The molecule has 3 rings (SSSR count). The average molecular weight is 302 g/mol. The van der Waals surface area contributed by atoms with Gasteiger partial charge < -0.3 is 10.6 Å². The van der Waals surface area contributed by atoms with Crippen LogP contribution in [-0.4, -0.2) is 69.3 Å². The molecule has 2 heterocycles. The van der Waals surface area contributed by atoms with Crippen molar-refractivity contribution in [2.45, 2.75) is 6.54 Å². The fraction of sp³-hybridized carbons (Fsp3) is 0.429. The fourth-order valence-electron chi connectivity index (χ4n) is 2.57. The van der Waals surface area contributed by atoms with Crippen LogP contribution in [0.5, 0.6) is 0 Å². The number of fused-ring (bicyclic) bond motifs is 1. The Kier molecular flexibility index (Phi) is 4.01. The zero-order chi connectivity index (χ0) is 15.5. The highest BCUT2D eigenvalue weighted by atomic mass is 16.2. The average Bonchev–Trinajstić information content (AvgIpc) is 2.89. The predicted octanol–water partition coefficient (Wildman–Crippen LogP) is -0.939. The summed E-state index contributed by atoms with van der Waals surface area (Å²) in [4.78, 5) is 28.3. The van der Waals surface area contributed by atoms with E-state index >= 15 is 0 Å². The molecule has 116 valence electrons. The number of nitrogens with zero attached hydrogens (tertiary/aromatic N) is 5. The van der Waals surface area contributed by atoms with Crippen molar-refractivity contribution < 1.29 is 9.59 Å². The first-order valence-corrected chi connectivity index (χ1v) is 7.20. The summed E-state index contributed by atoms with van der Waals surface area (Å²) in [7, 11) is 0. The smallest absolute Gasteiger partial charge is 0.246 e. The lowest BCUT2D eigenvalue weighted by molar-refractivity contribution is -0.134. The van der Waals surface area contributed by atoms with E-state index in [2.05, 4.69) is 10.2 Å². The van der Waals surface area contributed by atoms with Crippen LogP contribution in [0.1, 0.15) is 0 Å². The summed E-state index contributed by atoms with van der Waals surface area (Å²) in [5, 5.41) is 8.58. The molecule has 1 aliphatic rings. The largest absolute Gasteiger partial charge is 0.369 e. The third-order valence-electron chi connectivity index (χ3n) is 3.71. The summed E-state index contributed by atoms with van der Waals surface area (Å²) in [6.45, 7) is 2.87. The molecule has 0 spiro atoms. The highest BCUT2D eigenvalue weighted by Gasteiger charge is 2.22. The summed E-state index contributed by atoms with van der Waals surface area (Å²) < 4.78 is 0. The number of primary amides is 1. The topological polar surface area (TPSA) is 97.4 Å². The molecule has 0 unspecified atom stereocenters. The van der Waals surface area contributed by atoms with Crippen molar-refractivity contribution in [2.75, 3.05) is 32.7 Å². The fourth-order valence-corrected chi connectivity index (χ4v) is 2.57. The maximum absolute atomic E-state index is 12.3. The Labute approximate surface area is 127 Å². The minimum Gasteiger partial charge on any atom is -0.369 e. The molecular formula is C14H18N6O2. The number of benzene rings is 1. The second-order valence-corrected chi connectivity index (χ2v) is 5.34. The lowest BCUT2D eigenvalue weighted by Crippen LogP contribution is -2.51. The number of carbonyl (C=O) groups is 2. The minimum absolute atomic E-state index is 0.0148. The number of aromatic nitrogens is 3. The van der Waals surface area contributed by atoms with Gasteiger partial charge >= 0.3 is 0 Å². The molecule has 0 aliphatic carbocycles. The van der Waals surface area contributed by atoms with Gasteiger partial charge in [-0.05, 0) is 12.1 Å². The van der Waals surface area contributed by atoms with E-state index in [0.29, 0.717) is 26.2 Å². The Bertz CT molecular complexity index is 656. The van der Waals surface area contributed by atoms with Gasteiger partial charge in [0.25, 0.3) is 0 Å². The van der Waals surface area contributed by atoms with Crippen LogP contribution in [0.15, 0.2) is 24.3 Å². The molecular weight excluding hydrogens is 284 g/mol. The van der Waals surface area contributed by atoms with Crippen LogP contribution < -0.4 is 5.73 Å². The number of hydrogen-bond acceptors (Lipinski definition) is 5. The molecule has 8 nitrogen and oxygen atoms in total. The quantitative estimate of drug-likeness (QED) is 0.786. The molecule has 0 bridgehead atoms. The summed E-state index contributed by atoms with van der Waals surface area (Å²) in [5.41, 5.74) is 6.73. The van der Waals surface area contributed by atoms with Crippen molar-refractivity contribution in [1.29, 1.82) is 0 Å². The number of hydrogen-bond donors (Lipinski definition) is 1. The molecule has 0 saturated carbocycles. The van der Waals surface area contributed by atoms with Crippen LogP contribution in [0, 0.1) is 0 Å². The SMILES string of the molecule is NC(=O)CN1CCN(C(=O)Cn2nc3ccccc3n2)CC1. The van der Waals surface area contributed by atoms with Gasteiger partial charge in [0.05, 0.1) is 6.54 Å². The summed E-state index contributed by atoms with van der Waals surface area (Å²) in [6.07, 6.45) is 0. The Morgan fingerprint density at radius 2 is 1.59 bits per heavy atom. The van der Waals surface area contributed by atoms with Crippen molar-refractivity contribution in [3.8, 4) is 0 Å². The van der Waals surface area contributed by atoms with E-state index in [9.17, 15) is 9.59 Å². The lowest BCUT2D eigenvalue weighted by Gasteiger charge is -2.33. The molecule has 0 atom stereocenters. The summed E-state index contributed by atoms with van der Waals surface area (Å²) in [6, 6.07) is 7.51. The number of piperazine rings is 1. The molecule has 1 aliphatic heterocycles. The monoisotopic (exact) mass is 302 g/mol. The molecule has 2 aromatic rings. The van der Waals surface area contributed by atoms with E-state index in [-0.39, 0.29) is 24.9 Å². The minimum atomic E-state index is -0.341. The zero-order valence-corrected chi connectivity index (χ0v) is 12.2. The first-order valence-electron chi connectivity index (χ1n) is 7.20. The third kappa shape index (κ3) is 3.22. The van der Waals surface area contributed by atoms with E-state index in [1.807, 2.05) is 29.2 Å². The van der Waals surface area contributed by atoms with Crippen molar-refractivity contribution in [2.24, 2.45) is 5.73 Å². The first-order chi connectivity index (χ1) is 10.6. The highest BCUT2D eigenvalue weighted by molar-refractivity contribution is 5.78. The van der Waals surface area contributed by atoms with Crippen molar-refractivity contribution in [3.05, 3.63) is 24.3 Å². The first kappa shape index (κ1) is 14.5. The van der Waals surface area contributed by atoms with Gasteiger partial charge in [-0.3, -0.25) is 14.5 Å². The standard InChI is InChI=1S/C14H18N6O2/c15-13(21)9-18-5-7-19(8-6-18)14(22)10-20-16-11-3-1-2-4-12(11)17-20/h1-4H,5-10H2,(H2,15,21). The van der Waals surface area contributed by atoms with Gasteiger partial charge in [-0.15, -0.1) is 0 Å². The van der Waals surface area contributed by atoms with Gasteiger partial charge in [0, 0.05) is 26.2 Å². The van der Waals surface area contributed by atoms with Gasteiger partial charge in [0.2, 0.25) is 11.8 Å². The second kappa shape index (κ2) is 6.10. The summed E-state index contributed by atoms with van der Waals surface area (Å²) in [5.74, 6) is -0.355. The van der Waals surface area contributed by atoms with Crippen LogP contribution in [0.25, 0.3) is 11.0 Å². The Hall–Kier alpha value is -2.48. The van der Waals surface area contributed by atoms with E-state index in [4.69, 9.17) is 5.73 Å². The maximum Gasteiger partial charge on any atom is 0.246 e. The number of rotatable bonds is 4. The molecule has 2 N–H and O–H groups in total. The normalized spacial score (nSPS) is 16.1. The van der Waals surface area contributed by atoms with Gasteiger partial charge in [-0.1, -0.05) is 12.1 Å². The Balaban J connectivity index is 1.57. The second-order valence-electron chi connectivity index (χ2n) is 5.34. The van der Waals surface area contributed by atoms with E-state index < -0.39 is 0 Å². The van der Waals surface area contributed by atoms with Crippen molar-refractivity contribution in [1.82, 2.24) is 24.8 Å². The molecule has 0 radical (unpaired) electrons. The zero-order valence-electron chi connectivity index (χ0n) is 12.2. The molecule has 8 heteroatoms. The molecule has 2 amide bonds. The van der Waals surface area contributed by atoms with E-state index in [1.165, 1.54) is 4.80 Å². The lowest BCUT2D eigenvalue weighted by atomic mass is 10.3. The number of nitrogens with two attached hydrogens (primary N) is 1. The molecule has 22 heavy (non-hydrogen) atoms. The van der Waals surface area contributed by atoms with E-state index in [0.717, 1.165) is 11.0 Å². The Morgan fingerprint density at radius 3 is 2.14 bits per heavy atom. The van der Waals surface area contributed by atoms with Gasteiger partial charge in [-0.25, -0.2) is 0 Å². The van der Waals surface area contributed by atoms with Crippen LogP contribution in [0.4, 0.5) is 0 Å². The molecule has 1 aromatic heterocycles. The van der Waals surface area contributed by atoms with Gasteiger partial charge in [0.1, 0.15) is 17.6 Å². The van der Waals surface area contributed by atoms with Gasteiger partial charge in [0.15, 0.2) is 0 Å². The van der Waals surface area contributed by atoms with Crippen molar-refractivity contribution >= 4 is 22.8 Å². The number of amides is 2. The van der Waals surface area contributed by atoms with Crippen LogP contribution in [0.2, 0.25) is 0 Å². The summed E-state index contributed by atoms with van der Waals surface area (Å²) >= 11 is 0. The van der Waals surface area contributed by atoms with Crippen LogP contribution in [-0.2, 0) is 16.1 Å². The van der Waals surface area contributed by atoms with Gasteiger partial charge in [-0.2, -0.15) is 15.0 Å². The van der Waals surface area contributed by atoms with E-state index in [1.54, 1.807) is 4.90 Å². The number of carbonyl (C=O) groups excluding carboxylic acids is 2. The Morgan fingerprint density at radius 1 is 1.00 bits per heavy atom. The predicted molar refractivity (Wildman–Crippen MR) is 79.7 cm³/mol. The van der Waals surface area contributed by atoms with Crippen LogP contribution >= 0.6 is 0 Å². The highest BCUT2D eigenvalue weighted by Crippen LogP contribution is 2.08. The van der Waals surface area contributed by atoms with Crippen LogP contribution in [0.3, 0.4) is 0 Å². The van der Waals surface area contributed by atoms with Crippen molar-refractivity contribution in [3.63, 3.8) is 0 Å². The molecule has 1 fully saturated rings. The third-order valence-corrected chi connectivity index (χ3v) is 3.71. The maximum atomic E-state index is 12.3. The molecule has 1 saturated heterocycles. The molecule has 1 aromatic carbocycles.